The number of nitrogens with one attached hydrogen (secondary N) is 1. The molecule has 0 bridgehead atoms. The molecule has 0 atom stereocenters. The van der Waals surface area contributed by atoms with Crippen LogP contribution in [0.2, 0.25) is 0 Å². The zero-order chi connectivity index (χ0) is 17.1. The molecular formula is C17H16N2O5. The number of benzene rings is 1. The summed E-state index contributed by atoms with van der Waals surface area (Å²) >= 11 is 0. The summed E-state index contributed by atoms with van der Waals surface area (Å²) in [5.74, 6) is -0.727. The second kappa shape index (κ2) is 6.57. The van der Waals surface area contributed by atoms with Gasteiger partial charge in [-0.15, -0.1) is 0 Å². The number of aryl methyl sites for hydroxylation is 2. The van der Waals surface area contributed by atoms with Crippen LogP contribution >= 0.6 is 0 Å². The Bertz CT molecular complexity index is 880. The number of rotatable bonds is 5. The van der Waals surface area contributed by atoms with Crippen molar-refractivity contribution in [1.29, 1.82) is 0 Å². The molecule has 0 aliphatic rings. The monoisotopic (exact) mass is 328 g/mol. The lowest BCUT2D eigenvalue weighted by molar-refractivity contribution is -0.146. The third-order valence-electron chi connectivity index (χ3n) is 3.67. The minimum absolute atomic E-state index is 0.0345. The van der Waals surface area contributed by atoms with E-state index in [2.05, 4.69) is 15.0 Å². The first-order chi connectivity index (χ1) is 11.5. The topological polar surface area (TPSA) is 94.6 Å². The van der Waals surface area contributed by atoms with Gasteiger partial charge in [-0.3, -0.25) is 9.59 Å². The smallest absolute Gasteiger partial charge is 0.310 e. The number of hydrogen-bond acceptors (Lipinski definition) is 6. The van der Waals surface area contributed by atoms with Gasteiger partial charge in [-0.2, -0.15) is 0 Å². The van der Waals surface area contributed by atoms with Gasteiger partial charge in [0.2, 0.25) is 0 Å². The second-order valence-electron chi connectivity index (χ2n) is 5.46. The summed E-state index contributed by atoms with van der Waals surface area (Å²) in [5, 5.41) is 6.85. The van der Waals surface area contributed by atoms with E-state index < -0.39 is 11.9 Å². The maximum absolute atomic E-state index is 11.9. The molecule has 1 N–H and O–H groups in total. The summed E-state index contributed by atoms with van der Waals surface area (Å²) in [7, 11) is 0. The van der Waals surface area contributed by atoms with Gasteiger partial charge in [0.15, 0.2) is 12.4 Å². The number of fused-ring (bicyclic) bond motifs is 1. The molecule has 3 aromatic rings. The highest BCUT2D eigenvalue weighted by Gasteiger charge is 2.14. The lowest BCUT2D eigenvalue weighted by Crippen LogP contribution is -2.21. The third kappa shape index (κ3) is 3.45. The zero-order valence-corrected chi connectivity index (χ0v) is 13.3. The van der Waals surface area contributed by atoms with Crippen LogP contribution in [0.1, 0.15) is 16.7 Å². The molecule has 0 saturated carbocycles. The minimum Gasteiger partial charge on any atom is -0.464 e. The predicted molar refractivity (Wildman–Crippen MR) is 85.5 cm³/mol. The molecule has 0 aliphatic heterocycles. The standard InChI is InChI=1S/C17H16N2O5/c1-10-5-13-12(8-22-14(13)6-11(10)2)7-17(21)23-9-16(20)18-15-3-4-24-19-15/h3-6,8H,7,9H2,1-2H3,(H,18,19,20). The molecule has 0 unspecified atom stereocenters. The minimum atomic E-state index is -0.508. The van der Waals surface area contributed by atoms with Gasteiger partial charge in [-0.05, 0) is 37.1 Å². The number of nitrogens with zero attached hydrogens (tertiary/aromatic N) is 1. The highest BCUT2D eigenvalue weighted by molar-refractivity contribution is 5.92. The highest BCUT2D eigenvalue weighted by atomic mass is 16.5. The van der Waals surface area contributed by atoms with Crippen molar-refractivity contribution in [1.82, 2.24) is 5.16 Å². The summed E-state index contributed by atoms with van der Waals surface area (Å²) in [6.07, 6.45) is 2.91. The van der Waals surface area contributed by atoms with E-state index in [1.54, 1.807) is 6.26 Å². The van der Waals surface area contributed by atoms with Crippen LogP contribution in [0.5, 0.6) is 0 Å². The maximum atomic E-state index is 11.9. The van der Waals surface area contributed by atoms with Crippen LogP contribution in [0.15, 0.2) is 39.7 Å². The van der Waals surface area contributed by atoms with Gasteiger partial charge in [0.1, 0.15) is 11.8 Å². The summed E-state index contributed by atoms with van der Waals surface area (Å²) in [5.41, 5.74) is 3.70. The molecule has 124 valence electrons. The first-order valence-electron chi connectivity index (χ1n) is 7.36. The number of anilines is 1. The molecule has 7 heteroatoms. The molecule has 0 radical (unpaired) electrons. The highest BCUT2D eigenvalue weighted by Crippen LogP contribution is 2.25. The van der Waals surface area contributed by atoms with E-state index in [1.165, 1.54) is 12.3 Å². The van der Waals surface area contributed by atoms with Crippen LogP contribution in [-0.2, 0) is 20.7 Å². The number of carbonyl (C=O) groups excluding carboxylic acids is 2. The molecule has 0 aliphatic carbocycles. The average Bonchev–Trinajstić information content (AvgIpc) is 3.17. The summed E-state index contributed by atoms with van der Waals surface area (Å²) in [6, 6.07) is 5.40. The summed E-state index contributed by atoms with van der Waals surface area (Å²) in [6.45, 7) is 3.61. The van der Waals surface area contributed by atoms with Crippen molar-refractivity contribution in [2.75, 3.05) is 11.9 Å². The Morgan fingerprint density at radius 2 is 2.04 bits per heavy atom. The Kier molecular flexibility index (Phi) is 4.33. The molecular weight excluding hydrogens is 312 g/mol. The summed E-state index contributed by atoms with van der Waals surface area (Å²) in [4.78, 5) is 23.6. The Hall–Kier alpha value is -3.09. The molecule has 7 nitrogen and oxygen atoms in total. The Labute approximate surface area is 137 Å². The Morgan fingerprint density at radius 1 is 1.25 bits per heavy atom. The van der Waals surface area contributed by atoms with E-state index in [0.717, 1.165) is 27.7 Å². The van der Waals surface area contributed by atoms with Gasteiger partial charge in [0.05, 0.1) is 12.7 Å². The van der Waals surface area contributed by atoms with Gasteiger partial charge in [-0.25, -0.2) is 0 Å². The average molecular weight is 328 g/mol. The van der Waals surface area contributed by atoms with E-state index in [1.807, 2.05) is 26.0 Å². The van der Waals surface area contributed by atoms with Crippen molar-refractivity contribution >= 4 is 28.7 Å². The van der Waals surface area contributed by atoms with Crippen molar-refractivity contribution < 1.29 is 23.3 Å². The molecule has 2 aromatic heterocycles. The largest absolute Gasteiger partial charge is 0.464 e. The van der Waals surface area contributed by atoms with Crippen LogP contribution in [-0.4, -0.2) is 23.6 Å². The Balaban J connectivity index is 1.59. The van der Waals surface area contributed by atoms with Crippen molar-refractivity contribution in [2.45, 2.75) is 20.3 Å². The molecule has 2 heterocycles. The van der Waals surface area contributed by atoms with Crippen LogP contribution in [0.4, 0.5) is 5.82 Å². The lowest BCUT2D eigenvalue weighted by atomic mass is 10.0. The van der Waals surface area contributed by atoms with Gasteiger partial charge < -0.3 is 19.0 Å². The number of hydrogen-bond donors (Lipinski definition) is 1. The van der Waals surface area contributed by atoms with Crippen molar-refractivity contribution in [3.8, 4) is 0 Å². The molecule has 1 aromatic carbocycles. The fourth-order valence-electron chi connectivity index (χ4n) is 2.28. The van der Waals surface area contributed by atoms with Crippen molar-refractivity contribution in [3.05, 3.63) is 47.4 Å². The molecule has 24 heavy (non-hydrogen) atoms. The lowest BCUT2D eigenvalue weighted by Gasteiger charge is -2.04. The molecule has 3 rings (SSSR count). The van der Waals surface area contributed by atoms with Gasteiger partial charge in [0.25, 0.3) is 5.91 Å². The molecule has 0 spiro atoms. The van der Waals surface area contributed by atoms with Crippen LogP contribution in [0, 0.1) is 13.8 Å². The van der Waals surface area contributed by atoms with Gasteiger partial charge in [0, 0.05) is 17.0 Å². The number of furan rings is 1. The van der Waals surface area contributed by atoms with Crippen molar-refractivity contribution in [2.24, 2.45) is 0 Å². The van der Waals surface area contributed by atoms with Crippen LogP contribution < -0.4 is 5.32 Å². The summed E-state index contributed by atoms with van der Waals surface area (Å²) < 4.78 is 15.0. The fourth-order valence-corrected chi connectivity index (χ4v) is 2.28. The van der Waals surface area contributed by atoms with E-state index in [4.69, 9.17) is 9.15 Å². The van der Waals surface area contributed by atoms with Crippen LogP contribution in [0.3, 0.4) is 0 Å². The molecule has 1 amide bonds. The van der Waals surface area contributed by atoms with Gasteiger partial charge in [-0.1, -0.05) is 5.16 Å². The maximum Gasteiger partial charge on any atom is 0.310 e. The van der Waals surface area contributed by atoms with E-state index in [0.29, 0.717) is 0 Å². The SMILES string of the molecule is Cc1cc2occ(CC(=O)OCC(=O)Nc3ccon3)c2cc1C. The number of esters is 1. The normalized spacial score (nSPS) is 10.8. The Morgan fingerprint density at radius 3 is 2.79 bits per heavy atom. The second-order valence-corrected chi connectivity index (χ2v) is 5.46. The zero-order valence-electron chi connectivity index (χ0n) is 13.3. The van der Waals surface area contributed by atoms with Gasteiger partial charge >= 0.3 is 5.97 Å². The van der Waals surface area contributed by atoms with E-state index in [-0.39, 0.29) is 18.8 Å². The molecule has 0 saturated heterocycles. The predicted octanol–water partition coefficient (Wildman–Crippen LogP) is 2.76. The van der Waals surface area contributed by atoms with E-state index in [9.17, 15) is 9.59 Å². The first kappa shape index (κ1) is 15.8. The third-order valence-corrected chi connectivity index (χ3v) is 3.67. The number of amides is 1. The van der Waals surface area contributed by atoms with Crippen LogP contribution in [0.25, 0.3) is 11.0 Å². The quantitative estimate of drug-likeness (QED) is 0.724. The number of carbonyl (C=O) groups is 2. The number of aromatic nitrogens is 1. The van der Waals surface area contributed by atoms with E-state index >= 15 is 0 Å². The molecule has 0 fully saturated rings. The van der Waals surface area contributed by atoms with Crippen molar-refractivity contribution in [3.63, 3.8) is 0 Å². The number of ether oxygens (including phenoxy) is 1. The first-order valence-corrected chi connectivity index (χ1v) is 7.36. The fraction of sp³-hybridized carbons (Fsp3) is 0.235.